The summed E-state index contributed by atoms with van der Waals surface area (Å²) in [6.45, 7) is 3.76. The first-order valence-corrected chi connectivity index (χ1v) is 10.1. The van der Waals surface area contributed by atoms with Crippen LogP contribution in [0.5, 0.6) is 0 Å². The highest BCUT2D eigenvalue weighted by Crippen LogP contribution is 2.27. The van der Waals surface area contributed by atoms with Gasteiger partial charge in [0, 0.05) is 29.6 Å². The van der Waals surface area contributed by atoms with Gasteiger partial charge in [-0.25, -0.2) is 9.67 Å². The molecule has 2 N–H and O–H groups in total. The zero-order chi connectivity index (χ0) is 20.8. The van der Waals surface area contributed by atoms with Crippen LogP contribution in [-0.2, 0) is 0 Å². The molecule has 7 heteroatoms. The minimum atomic E-state index is -0.565. The Hall–Kier alpha value is -3.45. The van der Waals surface area contributed by atoms with Crippen LogP contribution in [0.4, 0.5) is 0 Å². The molecule has 30 heavy (non-hydrogen) atoms. The minimum absolute atomic E-state index is 0.0291. The fourth-order valence-corrected chi connectivity index (χ4v) is 3.56. The number of rotatable bonds is 5. The van der Waals surface area contributed by atoms with Crippen LogP contribution < -0.4 is 5.32 Å². The Balaban J connectivity index is 1.51. The van der Waals surface area contributed by atoms with Gasteiger partial charge in [-0.15, -0.1) is 0 Å². The maximum absolute atomic E-state index is 12.5. The smallest absolute Gasteiger partial charge is 0.251 e. The van der Waals surface area contributed by atoms with Crippen LogP contribution in [0.15, 0.2) is 55.1 Å². The summed E-state index contributed by atoms with van der Waals surface area (Å²) in [7, 11) is 0. The van der Waals surface area contributed by atoms with Crippen molar-refractivity contribution in [3.05, 3.63) is 71.8 Å². The van der Waals surface area contributed by atoms with Crippen molar-refractivity contribution in [1.82, 2.24) is 24.5 Å². The number of aliphatic hydroxyl groups excluding tert-OH is 1. The number of aryl methyl sites for hydroxylation is 1. The van der Waals surface area contributed by atoms with Gasteiger partial charge in [-0.2, -0.15) is 5.10 Å². The zero-order valence-corrected chi connectivity index (χ0v) is 16.9. The number of imidazole rings is 1. The molecule has 3 heterocycles. The molecule has 3 aromatic heterocycles. The van der Waals surface area contributed by atoms with Crippen LogP contribution in [0.25, 0.3) is 22.6 Å². The Bertz CT molecular complexity index is 1250. The predicted octanol–water partition coefficient (Wildman–Crippen LogP) is 3.44. The Labute approximate surface area is 174 Å². The number of carbonyl (C=O) groups excluding carboxylic acids is 1. The second-order valence-corrected chi connectivity index (χ2v) is 7.93. The summed E-state index contributed by atoms with van der Waals surface area (Å²) in [4.78, 5) is 16.9. The van der Waals surface area contributed by atoms with Crippen LogP contribution in [-0.4, -0.2) is 36.2 Å². The molecule has 7 nitrogen and oxygen atoms in total. The number of nitrogens with zero attached hydrogens (tertiary/aromatic N) is 4. The van der Waals surface area contributed by atoms with Crippen molar-refractivity contribution in [2.45, 2.75) is 38.8 Å². The third kappa shape index (κ3) is 3.37. The molecule has 1 aromatic carbocycles. The van der Waals surface area contributed by atoms with Gasteiger partial charge >= 0.3 is 0 Å². The second kappa shape index (κ2) is 7.11. The van der Waals surface area contributed by atoms with E-state index < -0.39 is 6.10 Å². The van der Waals surface area contributed by atoms with E-state index in [9.17, 15) is 9.90 Å². The molecule has 1 amide bonds. The molecule has 4 aromatic rings. The summed E-state index contributed by atoms with van der Waals surface area (Å²) in [5.41, 5.74) is 5.22. The molecule has 1 saturated carbocycles. The van der Waals surface area contributed by atoms with Crippen LogP contribution in [0, 0.1) is 6.92 Å². The fraction of sp³-hybridized carbons (Fsp3) is 0.261. The first-order chi connectivity index (χ1) is 14.5. The lowest BCUT2D eigenvalue weighted by atomic mass is 10.0. The molecule has 152 valence electrons. The van der Waals surface area contributed by atoms with Crippen molar-refractivity contribution < 1.29 is 9.90 Å². The highest BCUT2D eigenvalue weighted by Gasteiger charge is 2.24. The average molecular weight is 401 g/mol. The Morgan fingerprint density at radius 1 is 1.20 bits per heavy atom. The van der Waals surface area contributed by atoms with Gasteiger partial charge in [-0.3, -0.25) is 9.20 Å². The number of nitrogens with one attached hydrogen (secondary N) is 1. The number of carbonyl (C=O) groups is 1. The third-order valence-electron chi connectivity index (χ3n) is 5.53. The summed E-state index contributed by atoms with van der Waals surface area (Å²) >= 11 is 0. The standard InChI is InChI=1S/C23H23N5O2/c1-14-3-4-16(23(30)26-19-6-7-19)9-20(14)18-10-25-28(13-18)22-11-24-21-8-5-17(15(2)29)12-27(21)22/h3-5,8-13,15,19,29H,6-7H2,1-2H3,(H,26,30)/t15-/m1/s1. The van der Waals surface area contributed by atoms with Gasteiger partial charge in [0.2, 0.25) is 0 Å². The van der Waals surface area contributed by atoms with E-state index in [0.29, 0.717) is 11.6 Å². The number of fused-ring (bicyclic) bond motifs is 1. The van der Waals surface area contributed by atoms with Gasteiger partial charge in [-0.05, 0) is 61.6 Å². The highest BCUT2D eigenvalue weighted by molar-refractivity contribution is 5.96. The Morgan fingerprint density at radius 3 is 2.80 bits per heavy atom. The SMILES string of the molecule is Cc1ccc(C(=O)NC2CC2)cc1-c1cnn(-c2cnc3ccc([C@@H](C)O)cn23)c1. The third-order valence-corrected chi connectivity index (χ3v) is 5.53. The highest BCUT2D eigenvalue weighted by atomic mass is 16.3. The predicted molar refractivity (Wildman–Crippen MR) is 114 cm³/mol. The molecule has 0 aliphatic heterocycles. The molecule has 0 unspecified atom stereocenters. The molecule has 0 bridgehead atoms. The lowest BCUT2D eigenvalue weighted by molar-refractivity contribution is 0.0951. The van der Waals surface area contributed by atoms with Crippen molar-refractivity contribution >= 4 is 11.6 Å². The average Bonchev–Trinajstić information content (AvgIpc) is 3.25. The van der Waals surface area contributed by atoms with Crippen LogP contribution >= 0.6 is 0 Å². The van der Waals surface area contributed by atoms with E-state index in [1.807, 2.05) is 54.0 Å². The lowest BCUT2D eigenvalue weighted by Gasteiger charge is -2.08. The minimum Gasteiger partial charge on any atom is -0.389 e. The molecule has 0 saturated heterocycles. The van der Waals surface area contributed by atoms with E-state index in [1.165, 1.54) is 0 Å². The number of hydrogen-bond donors (Lipinski definition) is 2. The van der Waals surface area contributed by atoms with Crippen molar-refractivity contribution in [1.29, 1.82) is 0 Å². The van der Waals surface area contributed by atoms with E-state index >= 15 is 0 Å². The van der Waals surface area contributed by atoms with Crippen molar-refractivity contribution in [2.24, 2.45) is 0 Å². The number of hydrogen-bond acceptors (Lipinski definition) is 4. The summed E-state index contributed by atoms with van der Waals surface area (Å²) in [5, 5.41) is 17.5. The molecule has 5 rings (SSSR count). The Kier molecular flexibility index (Phi) is 4.40. The molecule has 0 radical (unpaired) electrons. The van der Waals surface area contributed by atoms with Crippen molar-refractivity contribution in [3.63, 3.8) is 0 Å². The number of benzene rings is 1. The van der Waals surface area contributed by atoms with Gasteiger partial charge in [0.15, 0.2) is 5.82 Å². The fourth-order valence-electron chi connectivity index (χ4n) is 3.56. The number of aromatic nitrogens is 4. The molecule has 1 fully saturated rings. The van der Waals surface area contributed by atoms with Crippen LogP contribution in [0.3, 0.4) is 0 Å². The summed E-state index contributed by atoms with van der Waals surface area (Å²) < 4.78 is 3.67. The van der Waals surface area contributed by atoms with Crippen LogP contribution in [0.1, 0.15) is 47.4 Å². The Morgan fingerprint density at radius 2 is 2.03 bits per heavy atom. The van der Waals surface area contributed by atoms with E-state index in [0.717, 1.165) is 46.6 Å². The topological polar surface area (TPSA) is 84.5 Å². The molecular formula is C23H23N5O2. The van der Waals surface area contributed by atoms with Crippen molar-refractivity contribution in [2.75, 3.05) is 0 Å². The van der Waals surface area contributed by atoms with Gasteiger partial charge in [-0.1, -0.05) is 12.1 Å². The molecular weight excluding hydrogens is 378 g/mol. The monoisotopic (exact) mass is 401 g/mol. The van der Waals surface area contributed by atoms with E-state index in [1.54, 1.807) is 24.0 Å². The van der Waals surface area contributed by atoms with E-state index in [2.05, 4.69) is 15.4 Å². The molecule has 1 aliphatic carbocycles. The van der Waals surface area contributed by atoms with E-state index in [-0.39, 0.29) is 5.91 Å². The number of aliphatic hydroxyl groups is 1. The van der Waals surface area contributed by atoms with Crippen molar-refractivity contribution in [3.8, 4) is 16.9 Å². The van der Waals surface area contributed by atoms with Gasteiger partial charge in [0.05, 0.1) is 18.5 Å². The first kappa shape index (κ1) is 18.6. The lowest BCUT2D eigenvalue weighted by Crippen LogP contribution is -2.25. The van der Waals surface area contributed by atoms with Gasteiger partial charge in [0.1, 0.15) is 5.65 Å². The van der Waals surface area contributed by atoms with Gasteiger partial charge in [0.25, 0.3) is 5.91 Å². The normalized spacial score (nSPS) is 14.8. The quantitative estimate of drug-likeness (QED) is 0.537. The van der Waals surface area contributed by atoms with E-state index in [4.69, 9.17) is 0 Å². The second-order valence-electron chi connectivity index (χ2n) is 7.93. The zero-order valence-electron chi connectivity index (χ0n) is 16.9. The maximum atomic E-state index is 12.5. The summed E-state index contributed by atoms with van der Waals surface area (Å²) in [6.07, 6.45) is 8.92. The van der Waals surface area contributed by atoms with Crippen LogP contribution in [0.2, 0.25) is 0 Å². The summed E-state index contributed by atoms with van der Waals surface area (Å²) in [5.74, 6) is 0.748. The largest absolute Gasteiger partial charge is 0.389 e. The molecule has 0 spiro atoms. The van der Waals surface area contributed by atoms with Gasteiger partial charge < -0.3 is 10.4 Å². The number of amides is 1. The molecule has 1 atom stereocenters. The summed E-state index contributed by atoms with van der Waals surface area (Å²) in [6, 6.07) is 9.83. The first-order valence-electron chi connectivity index (χ1n) is 10.1. The molecule has 1 aliphatic rings. The maximum Gasteiger partial charge on any atom is 0.251 e. The number of pyridine rings is 1.